The molecule has 0 N–H and O–H groups in total. The van der Waals surface area contributed by atoms with Gasteiger partial charge in [-0.1, -0.05) is 194 Å². The third-order valence-electron chi connectivity index (χ3n) is 13.5. The number of fused-ring (bicyclic) bond motifs is 8. The second-order valence-electron chi connectivity index (χ2n) is 17.3. The van der Waals surface area contributed by atoms with Crippen LogP contribution in [0.15, 0.2) is 255 Å². The molecule has 0 aliphatic heterocycles. The number of nitrogens with zero attached hydrogens (tertiary/aromatic N) is 2. The molecule has 0 saturated heterocycles. The van der Waals surface area contributed by atoms with E-state index in [1.807, 2.05) is 0 Å². The lowest BCUT2D eigenvalue weighted by Gasteiger charge is -2.27. The molecule has 0 amide bonds. The normalized spacial score (nSPS) is 11.6. The first-order valence-corrected chi connectivity index (χ1v) is 22.7. The highest BCUT2D eigenvalue weighted by atomic mass is 15.1. The minimum absolute atomic E-state index is 1.08. The van der Waals surface area contributed by atoms with E-state index in [0.29, 0.717) is 0 Å². The van der Waals surface area contributed by atoms with Gasteiger partial charge >= 0.3 is 0 Å². The predicted octanol–water partition coefficient (Wildman–Crippen LogP) is 17.9. The molecule has 13 aromatic rings. The molecule has 0 saturated carbocycles. The van der Waals surface area contributed by atoms with Crippen molar-refractivity contribution in [3.05, 3.63) is 255 Å². The molecule has 0 radical (unpaired) electrons. The Labute approximate surface area is 383 Å². The van der Waals surface area contributed by atoms with Crippen LogP contribution in [-0.4, -0.2) is 4.57 Å². The molecule has 1 heterocycles. The zero-order chi connectivity index (χ0) is 43.6. The van der Waals surface area contributed by atoms with E-state index in [0.717, 1.165) is 28.3 Å². The first-order chi connectivity index (χ1) is 32.7. The fourth-order valence-corrected chi connectivity index (χ4v) is 10.4. The van der Waals surface area contributed by atoms with E-state index in [1.54, 1.807) is 0 Å². The van der Waals surface area contributed by atoms with Crippen molar-refractivity contribution in [2.24, 2.45) is 0 Å². The van der Waals surface area contributed by atoms with Crippen molar-refractivity contribution >= 4 is 82.0 Å². The molecular formula is C64H42N2. The minimum atomic E-state index is 1.08. The van der Waals surface area contributed by atoms with E-state index in [2.05, 4.69) is 264 Å². The molecule has 2 nitrogen and oxygen atoms in total. The van der Waals surface area contributed by atoms with Gasteiger partial charge < -0.3 is 9.47 Å². The Morgan fingerprint density at radius 3 is 1.44 bits per heavy atom. The van der Waals surface area contributed by atoms with E-state index in [4.69, 9.17) is 0 Å². The molecule has 0 atom stereocenters. The highest BCUT2D eigenvalue weighted by Gasteiger charge is 2.22. The summed E-state index contributed by atoms with van der Waals surface area (Å²) < 4.78 is 2.44. The summed E-state index contributed by atoms with van der Waals surface area (Å²) in [5, 5.41) is 12.3. The highest BCUT2D eigenvalue weighted by Crippen LogP contribution is 2.47. The average Bonchev–Trinajstić information content (AvgIpc) is 3.72. The van der Waals surface area contributed by atoms with Gasteiger partial charge in [0.25, 0.3) is 0 Å². The highest BCUT2D eigenvalue weighted by molar-refractivity contribution is 6.22. The number of rotatable bonds is 7. The van der Waals surface area contributed by atoms with Crippen LogP contribution in [0.25, 0.3) is 104 Å². The largest absolute Gasteiger partial charge is 0.310 e. The van der Waals surface area contributed by atoms with Crippen molar-refractivity contribution < 1.29 is 0 Å². The van der Waals surface area contributed by atoms with Crippen LogP contribution in [0.2, 0.25) is 0 Å². The maximum atomic E-state index is 2.44. The fraction of sp³-hybridized carbons (Fsp3) is 0. The molecule has 13 rings (SSSR count). The molecule has 0 unspecified atom stereocenters. The summed E-state index contributed by atoms with van der Waals surface area (Å²) >= 11 is 0. The molecular weight excluding hydrogens is 797 g/mol. The number of benzene rings is 12. The number of hydrogen-bond acceptors (Lipinski definition) is 1. The van der Waals surface area contributed by atoms with Crippen molar-refractivity contribution in [3.63, 3.8) is 0 Å². The molecule has 0 bridgehead atoms. The van der Waals surface area contributed by atoms with E-state index in [1.165, 1.54) is 92.8 Å². The zero-order valence-corrected chi connectivity index (χ0v) is 36.1. The maximum absolute atomic E-state index is 2.44. The molecule has 0 fully saturated rings. The van der Waals surface area contributed by atoms with Crippen molar-refractivity contribution in [3.8, 4) is 39.1 Å². The van der Waals surface area contributed by atoms with Crippen LogP contribution >= 0.6 is 0 Å². The lowest BCUT2D eigenvalue weighted by atomic mass is 9.85. The third kappa shape index (κ3) is 6.26. The molecule has 12 aromatic carbocycles. The summed E-state index contributed by atoms with van der Waals surface area (Å²) in [5.41, 5.74) is 14.0. The minimum Gasteiger partial charge on any atom is -0.310 e. The standard InChI is InChI=1S/C64H42N2/c1-3-17-46(18-4-1)63-59-25-12-11-23-55(59)56-37-35-53(41-60(56)64(63)47-19-5-2-6-20-47)65(51-32-29-45(30-33-51)50-28-27-43-15-7-9-21-48(43)39-50)54-36-38-58-57-24-13-14-26-61(57)66(62(58)42-54)52-34-31-44-16-8-10-22-49(44)40-52/h1-42H. The zero-order valence-electron chi connectivity index (χ0n) is 36.1. The summed E-state index contributed by atoms with van der Waals surface area (Å²) in [6.45, 7) is 0. The van der Waals surface area contributed by atoms with Crippen molar-refractivity contribution in [1.29, 1.82) is 0 Å². The van der Waals surface area contributed by atoms with Gasteiger partial charge in [0.05, 0.1) is 11.0 Å². The van der Waals surface area contributed by atoms with Crippen molar-refractivity contribution in [2.45, 2.75) is 0 Å². The van der Waals surface area contributed by atoms with Crippen LogP contribution in [0.5, 0.6) is 0 Å². The van der Waals surface area contributed by atoms with Gasteiger partial charge in [-0.2, -0.15) is 0 Å². The molecule has 66 heavy (non-hydrogen) atoms. The lowest BCUT2D eigenvalue weighted by molar-refractivity contribution is 1.18. The smallest absolute Gasteiger partial charge is 0.0561 e. The molecule has 0 aliphatic carbocycles. The quantitative estimate of drug-likeness (QED) is 0.145. The Kier molecular flexibility index (Phi) is 8.89. The monoisotopic (exact) mass is 838 g/mol. The number of aromatic nitrogens is 1. The second-order valence-corrected chi connectivity index (χ2v) is 17.3. The molecule has 2 heteroatoms. The van der Waals surface area contributed by atoms with Crippen LogP contribution in [-0.2, 0) is 0 Å². The van der Waals surface area contributed by atoms with Crippen LogP contribution in [0.1, 0.15) is 0 Å². The van der Waals surface area contributed by atoms with Crippen LogP contribution in [0.3, 0.4) is 0 Å². The molecule has 0 aliphatic rings. The second kappa shape index (κ2) is 15.5. The number of anilines is 3. The Morgan fingerprint density at radius 2 is 0.727 bits per heavy atom. The maximum Gasteiger partial charge on any atom is 0.0561 e. The lowest BCUT2D eigenvalue weighted by Crippen LogP contribution is -2.10. The Balaban J connectivity index is 1.07. The molecule has 308 valence electrons. The van der Waals surface area contributed by atoms with E-state index in [-0.39, 0.29) is 0 Å². The van der Waals surface area contributed by atoms with Gasteiger partial charge in [-0.15, -0.1) is 0 Å². The Morgan fingerprint density at radius 1 is 0.242 bits per heavy atom. The Bertz CT molecular complexity index is 3980. The van der Waals surface area contributed by atoms with Gasteiger partial charge in [0.1, 0.15) is 0 Å². The Hall–Kier alpha value is -8.72. The first-order valence-electron chi connectivity index (χ1n) is 22.7. The van der Waals surface area contributed by atoms with Gasteiger partial charge in [0.2, 0.25) is 0 Å². The van der Waals surface area contributed by atoms with Crippen molar-refractivity contribution in [1.82, 2.24) is 4.57 Å². The number of para-hydroxylation sites is 1. The topological polar surface area (TPSA) is 8.17 Å². The molecule has 0 spiro atoms. The summed E-state index contributed by atoms with van der Waals surface area (Å²) in [6, 6.07) is 93.5. The van der Waals surface area contributed by atoms with Crippen molar-refractivity contribution in [2.75, 3.05) is 4.90 Å². The van der Waals surface area contributed by atoms with E-state index in [9.17, 15) is 0 Å². The SMILES string of the molecule is c1ccc(-c2c(-c3ccccc3)c3cc(N(c4ccc(-c5ccc6ccccc6c5)cc4)c4ccc5c6ccccc6n(-c6ccc7ccccc7c6)c5c4)ccc3c3ccccc23)cc1. The predicted molar refractivity (Wildman–Crippen MR) is 282 cm³/mol. The summed E-state index contributed by atoms with van der Waals surface area (Å²) in [5.74, 6) is 0. The van der Waals surface area contributed by atoms with Crippen LogP contribution in [0.4, 0.5) is 17.1 Å². The van der Waals surface area contributed by atoms with E-state index >= 15 is 0 Å². The van der Waals surface area contributed by atoms with Gasteiger partial charge in [0, 0.05) is 33.5 Å². The van der Waals surface area contributed by atoms with Crippen LogP contribution < -0.4 is 4.90 Å². The van der Waals surface area contributed by atoms with Gasteiger partial charge in [0.15, 0.2) is 0 Å². The van der Waals surface area contributed by atoms with Gasteiger partial charge in [-0.25, -0.2) is 0 Å². The summed E-state index contributed by atoms with van der Waals surface area (Å²) in [4.78, 5) is 2.44. The summed E-state index contributed by atoms with van der Waals surface area (Å²) in [6.07, 6.45) is 0. The summed E-state index contributed by atoms with van der Waals surface area (Å²) in [7, 11) is 0. The van der Waals surface area contributed by atoms with Crippen LogP contribution in [0, 0.1) is 0 Å². The van der Waals surface area contributed by atoms with E-state index < -0.39 is 0 Å². The van der Waals surface area contributed by atoms with Gasteiger partial charge in [-0.3, -0.25) is 0 Å². The van der Waals surface area contributed by atoms with Gasteiger partial charge in [-0.05, 0) is 137 Å². The molecule has 1 aromatic heterocycles. The first kappa shape index (κ1) is 37.8. The average molecular weight is 839 g/mol. The number of hydrogen-bond donors (Lipinski definition) is 0. The third-order valence-corrected chi connectivity index (χ3v) is 13.5. The fourth-order valence-electron chi connectivity index (χ4n) is 10.4.